The highest BCUT2D eigenvalue weighted by molar-refractivity contribution is 5.58. The van der Waals surface area contributed by atoms with Gasteiger partial charge in [-0.2, -0.15) is 0 Å². The van der Waals surface area contributed by atoms with E-state index in [2.05, 4.69) is 5.32 Å². The van der Waals surface area contributed by atoms with Crippen molar-refractivity contribution in [1.29, 1.82) is 0 Å². The summed E-state index contributed by atoms with van der Waals surface area (Å²) in [7, 11) is 0. The van der Waals surface area contributed by atoms with Crippen molar-refractivity contribution >= 4 is 12.7 Å². The van der Waals surface area contributed by atoms with Crippen LogP contribution in [0.1, 0.15) is 12.8 Å². The van der Waals surface area contributed by atoms with Gasteiger partial charge in [0, 0.05) is 13.1 Å². The minimum Gasteiger partial charge on any atom is -0.390 e. The first-order valence-corrected chi connectivity index (χ1v) is 4.82. The highest BCUT2D eigenvalue weighted by Crippen LogP contribution is 2.15. The van der Waals surface area contributed by atoms with Crippen LogP contribution >= 0.6 is 0 Å². The standard InChI is InChI=1S/C9H16N2O3/c12-6-8-2-1-3-11(8)5-9(14)4-10-7-13/h6-9,14H,1-5H2,(H,10,13). The molecule has 1 amide bonds. The Kier molecular flexibility index (Phi) is 4.55. The van der Waals surface area contributed by atoms with E-state index >= 15 is 0 Å². The Morgan fingerprint density at radius 2 is 2.36 bits per heavy atom. The Bertz CT molecular complexity index is 198. The molecule has 14 heavy (non-hydrogen) atoms. The van der Waals surface area contributed by atoms with Gasteiger partial charge in [0.25, 0.3) is 0 Å². The number of nitrogens with zero attached hydrogens (tertiary/aromatic N) is 1. The van der Waals surface area contributed by atoms with Gasteiger partial charge in [-0.25, -0.2) is 0 Å². The molecule has 0 spiro atoms. The first-order chi connectivity index (χ1) is 6.77. The summed E-state index contributed by atoms with van der Waals surface area (Å²) in [4.78, 5) is 22.5. The first kappa shape index (κ1) is 11.1. The van der Waals surface area contributed by atoms with Crippen LogP contribution in [0.4, 0.5) is 0 Å². The number of carbonyl (C=O) groups excluding carboxylic acids is 2. The van der Waals surface area contributed by atoms with Gasteiger partial charge >= 0.3 is 0 Å². The minimum absolute atomic E-state index is 0.0547. The van der Waals surface area contributed by atoms with Crippen LogP contribution in [-0.2, 0) is 9.59 Å². The monoisotopic (exact) mass is 200 g/mol. The number of aldehydes is 1. The first-order valence-electron chi connectivity index (χ1n) is 4.82. The molecule has 1 heterocycles. The fourth-order valence-electron chi connectivity index (χ4n) is 1.75. The number of nitrogens with one attached hydrogen (secondary N) is 1. The van der Waals surface area contributed by atoms with Crippen LogP contribution < -0.4 is 5.32 Å². The predicted octanol–water partition coefficient (Wildman–Crippen LogP) is -1.24. The van der Waals surface area contributed by atoms with Gasteiger partial charge in [0.2, 0.25) is 6.41 Å². The quantitative estimate of drug-likeness (QED) is 0.526. The molecule has 0 aliphatic carbocycles. The third-order valence-corrected chi connectivity index (χ3v) is 2.45. The molecule has 2 N–H and O–H groups in total. The number of aliphatic hydroxyl groups excluding tert-OH is 1. The molecule has 1 aliphatic heterocycles. The molecule has 1 aliphatic rings. The number of hydrogen-bond acceptors (Lipinski definition) is 4. The number of likely N-dealkylation sites (tertiary alicyclic amines) is 1. The van der Waals surface area contributed by atoms with E-state index in [1.54, 1.807) is 0 Å². The van der Waals surface area contributed by atoms with Crippen LogP contribution in [0.5, 0.6) is 0 Å². The molecule has 80 valence electrons. The molecule has 0 aromatic carbocycles. The average molecular weight is 200 g/mol. The van der Waals surface area contributed by atoms with Gasteiger partial charge < -0.3 is 15.2 Å². The van der Waals surface area contributed by atoms with Gasteiger partial charge in [0.05, 0.1) is 12.1 Å². The summed E-state index contributed by atoms with van der Waals surface area (Å²) in [5, 5.41) is 11.9. The lowest BCUT2D eigenvalue weighted by Gasteiger charge is -2.22. The second kappa shape index (κ2) is 5.72. The van der Waals surface area contributed by atoms with Crippen LogP contribution in [0.3, 0.4) is 0 Å². The molecule has 1 rings (SSSR count). The topological polar surface area (TPSA) is 69.6 Å². The van der Waals surface area contributed by atoms with Crippen molar-refractivity contribution in [2.45, 2.75) is 25.0 Å². The highest BCUT2D eigenvalue weighted by atomic mass is 16.3. The molecule has 0 aromatic rings. The summed E-state index contributed by atoms with van der Waals surface area (Å²) < 4.78 is 0. The maximum absolute atomic E-state index is 10.6. The van der Waals surface area contributed by atoms with Gasteiger partial charge in [-0.05, 0) is 19.4 Å². The molecule has 1 fully saturated rings. The van der Waals surface area contributed by atoms with Crippen molar-refractivity contribution in [3.8, 4) is 0 Å². The molecule has 2 unspecified atom stereocenters. The van der Waals surface area contributed by atoms with E-state index in [0.29, 0.717) is 13.0 Å². The highest BCUT2D eigenvalue weighted by Gasteiger charge is 2.25. The zero-order valence-electron chi connectivity index (χ0n) is 8.06. The molecular weight excluding hydrogens is 184 g/mol. The third-order valence-electron chi connectivity index (χ3n) is 2.45. The summed E-state index contributed by atoms with van der Waals surface area (Å²) in [6.45, 7) is 1.54. The number of hydrogen-bond donors (Lipinski definition) is 2. The van der Waals surface area contributed by atoms with Gasteiger partial charge in [0.1, 0.15) is 6.29 Å². The third kappa shape index (κ3) is 3.08. The van der Waals surface area contributed by atoms with E-state index in [0.717, 1.165) is 25.7 Å². The largest absolute Gasteiger partial charge is 0.390 e. The van der Waals surface area contributed by atoms with Crippen molar-refractivity contribution in [3.05, 3.63) is 0 Å². The lowest BCUT2D eigenvalue weighted by atomic mass is 10.2. The van der Waals surface area contributed by atoms with Crippen molar-refractivity contribution in [1.82, 2.24) is 10.2 Å². The molecule has 0 aromatic heterocycles. The number of rotatable bonds is 6. The van der Waals surface area contributed by atoms with E-state index in [4.69, 9.17) is 0 Å². The molecule has 1 saturated heterocycles. The van der Waals surface area contributed by atoms with Crippen LogP contribution in [0, 0.1) is 0 Å². The number of β-amino-alcohol motifs (C(OH)–C–C–N with tert-alkyl or cyclic N) is 1. The molecular formula is C9H16N2O3. The summed E-state index contributed by atoms with van der Waals surface area (Å²) in [6.07, 6.45) is 2.76. The van der Waals surface area contributed by atoms with Crippen LogP contribution in [0.2, 0.25) is 0 Å². The lowest BCUT2D eigenvalue weighted by molar-refractivity contribution is -0.112. The summed E-state index contributed by atoms with van der Waals surface area (Å²) in [5.41, 5.74) is 0. The molecule has 0 saturated carbocycles. The van der Waals surface area contributed by atoms with Gasteiger partial charge in [-0.15, -0.1) is 0 Å². The Labute approximate surface area is 83.1 Å². The maximum Gasteiger partial charge on any atom is 0.207 e. The molecule has 2 atom stereocenters. The number of carbonyl (C=O) groups is 2. The van der Waals surface area contributed by atoms with Crippen molar-refractivity contribution in [2.75, 3.05) is 19.6 Å². The van der Waals surface area contributed by atoms with Gasteiger partial charge in [0.15, 0.2) is 0 Å². The zero-order chi connectivity index (χ0) is 10.4. The Balaban J connectivity index is 2.27. The van der Waals surface area contributed by atoms with Crippen molar-refractivity contribution < 1.29 is 14.7 Å². The van der Waals surface area contributed by atoms with E-state index < -0.39 is 6.10 Å². The van der Waals surface area contributed by atoms with Gasteiger partial charge in [-0.1, -0.05) is 0 Å². The summed E-state index contributed by atoms with van der Waals surface area (Å²) in [5.74, 6) is 0. The van der Waals surface area contributed by atoms with Crippen LogP contribution in [-0.4, -0.2) is 54.5 Å². The maximum atomic E-state index is 10.6. The zero-order valence-corrected chi connectivity index (χ0v) is 8.06. The average Bonchev–Trinajstić information content (AvgIpc) is 2.62. The van der Waals surface area contributed by atoms with Gasteiger partial charge in [-0.3, -0.25) is 9.69 Å². The fourth-order valence-corrected chi connectivity index (χ4v) is 1.75. The second-order valence-corrected chi connectivity index (χ2v) is 3.52. The predicted molar refractivity (Wildman–Crippen MR) is 50.7 cm³/mol. The van der Waals surface area contributed by atoms with Crippen molar-refractivity contribution in [2.24, 2.45) is 0 Å². The summed E-state index contributed by atoms with van der Waals surface area (Å²) >= 11 is 0. The molecule has 0 bridgehead atoms. The van der Waals surface area contributed by atoms with Crippen LogP contribution in [0.15, 0.2) is 0 Å². The Hall–Kier alpha value is -0.940. The number of aliphatic hydroxyl groups is 1. The fraction of sp³-hybridized carbons (Fsp3) is 0.778. The smallest absolute Gasteiger partial charge is 0.207 e. The summed E-state index contributed by atoms with van der Waals surface area (Å²) in [6, 6.07) is -0.0547. The molecule has 0 radical (unpaired) electrons. The molecule has 5 nitrogen and oxygen atoms in total. The SMILES string of the molecule is O=CNCC(O)CN1CCCC1C=O. The lowest BCUT2D eigenvalue weighted by Crippen LogP contribution is -2.40. The normalized spacial score (nSPS) is 24.5. The number of amides is 1. The van der Waals surface area contributed by atoms with E-state index in [9.17, 15) is 14.7 Å². The minimum atomic E-state index is -0.597. The van der Waals surface area contributed by atoms with E-state index in [1.807, 2.05) is 4.90 Å². The Morgan fingerprint density at radius 1 is 1.57 bits per heavy atom. The Morgan fingerprint density at radius 3 is 3.00 bits per heavy atom. The van der Waals surface area contributed by atoms with Crippen molar-refractivity contribution in [3.63, 3.8) is 0 Å². The second-order valence-electron chi connectivity index (χ2n) is 3.52. The van der Waals surface area contributed by atoms with E-state index in [1.165, 1.54) is 0 Å². The van der Waals surface area contributed by atoms with Crippen LogP contribution in [0.25, 0.3) is 0 Å². The van der Waals surface area contributed by atoms with E-state index in [-0.39, 0.29) is 12.6 Å². The molecule has 5 heteroatoms.